The van der Waals surface area contributed by atoms with Crippen molar-refractivity contribution < 1.29 is 14.4 Å². The van der Waals surface area contributed by atoms with Crippen molar-refractivity contribution in [3.05, 3.63) is 11.1 Å². The van der Waals surface area contributed by atoms with E-state index < -0.39 is 0 Å². The van der Waals surface area contributed by atoms with Crippen LogP contribution in [0.3, 0.4) is 0 Å². The lowest BCUT2D eigenvalue weighted by atomic mass is 10.3. The fourth-order valence-electron chi connectivity index (χ4n) is 1.24. The molecule has 0 bridgehead atoms. The predicted octanol–water partition coefficient (Wildman–Crippen LogP) is 2.53. The number of hydrogen-bond acceptors (Lipinski definition) is 3. The molecule has 3 nitrogen and oxygen atoms in total. The van der Waals surface area contributed by atoms with E-state index in [0.29, 0.717) is 24.3 Å². The molecular formula is C11H17ClO3S. The number of Topliss-reactive ketones (excluding diaryl/α,β-unsaturated/α-hetero) is 2. The summed E-state index contributed by atoms with van der Waals surface area (Å²) in [6, 6.07) is 0. The van der Waals surface area contributed by atoms with Gasteiger partial charge in [-0.15, -0.1) is 0 Å². The molecule has 0 radical (unpaired) electrons. The minimum atomic E-state index is 0. The number of hydrogen-bond donors (Lipinski definition) is 0. The summed E-state index contributed by atoms with van der Waals surface area (Å²) in [7, 11) is 0. The molecule has 92 valence electrons. The monoisotopic (exact) mass is 264 g/mol. The normalized spacial score (nSPS) is 18.1. The van der Waals surface area contributed by atoms with E-state index in [2.05, 4.69) is 0 Å². The standard InChI is InChI=1S/C5H5ClO.C5H6O2.CH4.H2S/c2*6-4-1-2-5(7)3-4;;/h3H,1-2H2;1-3H2;1H4;1H2. The van der Waals surface area contributed by atoms with E-state index in [1.54, 1.807) is 0 Å². The van der Waals surface area contributed by atoms with Gasteiger partial charge in [0.05, 0.1) is 6.42 Å². The van der Waals surface area contributed by atoms with Crippen molar-refractivity contribution in [1.29, 1.82) is 0 Å². The molecule has 0 amide bonds. The Morgan fingerprint density at radius 3 is 1.56 bits per heavy atom. The van der Waals surface area contributed by atoms with Gasteiger partial charge in [-0.25, -0.2) is 0 Å². The summed E-state index contributed by atoms with van der Waals surface area (Å²) in [5.74, 6) is 0.361. The van der Waals surface area contributed by atoms with Gasteiger partial charge in [-0.05, 0) is 12.5 Å². The highest BCUT2D eigenvalue weighted by atomic mass is 35.5. The topological polar surface area (TPSA) is 51.2 Å². The Kier molecular flexibility index (Phi) is 9.48. The van der Waals surface area contributed by atoms with Crippen LogP contribution in [0.2, 0.25) is 0 Å². The van der Waals surface area contributed by atoms with Gasteiger partial charge in [0.2, 0.25) is 0 Å². The molecule has 0 saturated heterocycles. The van der Waals surface area contributed by atoms with E-state index >= 15 is 0 Å². The van der Waals surface area contributed by atoms with Crippen LogP contribution in [0, 0.1) is 0 Å². The van der Waals surface area contributed by atoms with Gasteiger partial charge in [0.1, 0.15) is 11.6 Å². The maximum absolute atomic E-state index is 10.3. The Balaban J connectivity index is 0. The number of carbonyl (C=O) groups excluding carboxylic acids is 3. The fraction of sp³-hybridized carbons (Fsp3) is 0.545. The van der Waals surface area contributed by atoms with Crippen LogP contribution in [0.1, 0.15) is 39.5 Å². The third kappa shape index (κ3) is 6.80. The Morgan fingerprint density at radius 2 is 1.44 bits per heavy atom. The van der Waals surface area contributed by atoms with Gasteiger partial charge >= 0.3 is 0 Å². The Labute approximate surface area is 108 Å². The SMILES string of the molecule is C.O=C1C=C(Cl)CC1.O=C1CCC(=O)C1.S. The van der Waals surface area contributed by atoms with Crippen LogP contribution in [0.25, 0.3) is 0 Å². The van der Waals surface area contributed by atoms with Gasteiger partial charge < -0.3 is 0 Å². The highest BCUT2D eigenvalue weighted by Gasteiger charge is 2.17. The maximum Gasteiger partial charge on any atom is 0.157 e. The molecule has 1 saturated carbocycles. The molecule has 2 aliphatic carbocycles. The van der Waals surface area contributed by atoms with Crippen molar-refractivity contribution in [1.82, 2.24) is 0 Å². The maximum atomic E-state index is 10.3. The van der Waals surface area contributed by atoms with Gasteiger partial charge in [0.15, 0.2) is 5.78 Å². The predicted molar refractivity (Wildman–Crippen MR) is 69.2 cm³/mol. The van der Waals surface area contributed by atoms with Crippen LogP contribution >= 0.6 is 25.1 Å². The molecule has 1 fully saturated rings. The zero-order chi connectivity index (χ0) is 10.6. The lowest BCUT2D eigenvalue weighted by Crippen LogP contribution is -1.88. The third-order valence-electron chi connectivity index (χ3n) is 2.00. The zero-order valence-corrected chi connectivity index (χ0v) is 9.97. The number of allylic oxidation sites excluding steroid dienone is 2. The molecule has 16 heavy (non-hydrogen) atoms. The molecule has 0 N–H and O–H groups in total. The van der Waals surface area contributed by atoms with E-state index in [0.717, 1.165) is 6.42 Å². The number of rotatable bonds is 0. The molecule has 0 aromatic carbocycles. The second-order valence-corrected chi connectivity index (χ2v) is 3.80. The second kappa shape index (κ2) is 8.53. The van der Waals surface area contributed by atoms with Crippen molar-refractivity contribution in [2.75, 3.05) is 0 Å². The van der Waals surface area contributed by atoms with Crippen LogP contribution in [0.15, 0.2) is 11.1 Å². The summed E-state index contributed by atoms with van der Waals surface area (Å²) in [6.45, 7) is 0. The molecule has 0 aromatic heterocycles. The molecule has 0 heterocycles. The molecule has 0 unspecified atom stereocenters. The third-order valence-corrected chi connectivity index (χ3v) is 2.30. The van der Waals surface area contributed by atoms with E-state index in [1.165, 1.54) is 6.08 Å². The van der Waals surface area contributed by atoms with Crippen molar-refractivity contribution in [2.24, 2.45) is 0 Å². The first-order valence-corrected chi connectivity index (χ1v) is 4.88. The highest BCUT2D eigenvalue weighted by Crippen LogP contribution is 2.17. The molecule has 0 spiro atoms. The summed E-state index contributed by atoms with van der Waals surface area (Å²) < 4.78 is 0. The van der Waals surface area contributed by atoms with Gasteiger partial charge in [-0.3, -0.25) is 14.4 Å². The van der Waals surface area contributed by atoms with Crippen LogP contribution in [-0.4, -0.2) is 17.3 Å². The summed E-state index contributed by atoms with van der Waals surface area (Å²) in [5.41, 5.74) is 0. The first-order valence-electron chi connectivity index (χ1n) is 4.50. The second-order valence-electron chi connectivity index (χ2n) is 3.31. The van der Waals surface area contributed by atoms with Crippen molar-refractivity contribution in [3.63, 3.8) is 0 Å². The molecule has 5 heteroatoms. The minimum Gasteiger partial charge on any atom is -0.299 e. The van der Waals surface area contributed by atoms with Crippen molar-refractivity contribution in [2.45, 2.75) is 39.5 Å². The van der Waals surface area contributed by atoms with E-state index in [4.69, 9.17) is 11.6 Å². The van der Waals surface area contributed by atoms with Gasteiger partial charge in [0.25, 0.3) is 0 Å². The Bertz CT molecular complexity index is 296. The van der Waals surface area contributed by atoms with Crippen LogP contribution < -0.4 is 0 Å². The number of carbonyl (C=O) groups is 3. The largest absolute Gasteiger partial charge is 0.299 e. The zero-order valence-electron chi connectivity index (χ0n) is 8.22. The summed E-state index contributed by atoms with van der Waals surface area (Å²) >= 11 is 5.45. The van der Waals surface area contributed by atoms with Gasteiger partial charge in [-0.2, -0.15) is 13.5 Å². The van der Waals surface area contributed by atoms with Gasteiger partial charge in [0, 0.05) is 24.3 Å². The molecular weight excluding hydrogens is 248 g/mol. The summed E-state index contributed by atoms with van der Waals surface area (Å²) in [6.07, 6.45) is 4.01. The molecule has 0 atom stereocenters. The van der Waals surface area contributed by atoms with Crippen molar-refractivity contribution in [3.8, 4) is 0 Å². The first kappa shape index (κ1) is 17.8. The number of halogens is 1. The number of ketones is 3. The molecule has 0 aromatic rings. The minimum absolute atomic E-state index is 0. The van der Waals surface area contributed by atoms with E-state index in [1.807, 2.05) is 0 Å². The fourth-order valence-corrected chi connectivity index (χ4v) is 1.45. The average Bonchev–Trinajstić information content (AvgIpc) is 2.63. The van der Waals surface area contributed by atoms with Crippen LogP contribution in [-0.2, 0) is 14.4 Å². The smallest absolute Gasteiger partial charge is 0.157 e. The van der Waals surface area contributed by atoms with Crippen LogP contribution in [0.4, 0.5) is 0 Å². The average molecular weight is 265 g/mol. The molecule has 2 rings (SSSR count). The Morgan fingerprint density at radius 1 is 0.938 bits per heavy atom. The summed E-state index contributed by atoms with van der Waals surface area (Å²) in [5, 5.41) is 0.699. The van der Waals surface area contributed by atoms with E-state index in [-0.39, 0.29) is 44.7 Å². The summed E-state index contributed by atoms with van der Waals surface area (Å²) in [4.78, 5) is 30.8. The first-order chi connectivity index (χ1) is 6.58. The highest BCUT2D eigenvalue weighted by molar-refractivity contribution is 7.59. The van der Waals surface area contributed by atoms with Gasteiger partial charge in [-0.1, -0.05) is 19.0 Å². The lowest BCUT2D eigenvalue weighted by molar-refractivity contribution is -0.121. The van der Waals surface area contributed by atoms with Crippen molar-refractivity contribution >= 4 is 42.4 Å². The Hall–Kier alpha value is -0.610. The van der Waals surface area contributed by atoms with Crippen LogP contribution in [0.5, 0.6) is 0 Å². The lowest BCUT2D eigenvalue weighted by Gasteiger charge is -1.75. The quantitative estimate of drug-likeness (QED) is 0.632. The molecule has 2 aliphatic rings. The molecule has 0 aliphatic heterocycles. The van der Waals surface area contributed by atoms with E-state index in [9.17, 15) is 14.4 Å².